The first-order valence-corrected chi connectivity index (χ1v) is 8.56. The summed E-state index contributed by atoms with van der Waals surface area (Å²) in [5.74, 6) is 0. The van der Waals surface area contributed by atoms with Crippen molar-refractivity contribution in [1.29, 1.82) is 0 Å². The average Bonchev–Trinajstić information content (AvgIpc) is 2.41. The Morgan fingerprint density at radius 1 is 1.37 bits per heavy atom. The van der Waals surface area contributed by atoms with Gasteiger partial charge in [-0.2, -0.15) is 4.31 Å². The molecule has 2 rings (SSSR count). The minimum Gasteiger partial charge on any atom is -0.207 e. The van der Waals surface area contributed by atoms with Crippen LogP contribution in [0.5, 0.6) is 0 Å². The number of nitrogens with zero attached hydrogens (tertiary/aromatic N) is 1. The first-order chi connectivity index (χ1) is 8.96. The topological polar surface area (TPSA) is 37.4 Å². The molecular formula is C14H20ClNO2S. The molecule has 3 nitrogen and oxygen atoms in total. The summed E-state index contributed by atoms with van der Waals surface area (Å²) in [6.45, 7) is 4.50. The maximum Gasteiger partial charge on any atom is 0.243 e. The molecule has 1 aliphatic heterocycles. The van der Waals surface area contributed by atoms with E-state index in [1.165, 1.54) is 0 Å². The molecule has 0 aliphatic carbocycles. The van der Waals surface area contributed by atoms with Crippen LogP contribution in [0.4, 0.5) is 0 Å². The Labute approximate surface area is 120 Å². The number of halogens is 1. The van der Waals surface area contributed by atoms with Gasteiger partial charge < -0.3 is 0 Å². The van der Waals surface area contributed by atoms with Gasteiger partial charge in [-0.25, -0.2) is 8.42 Å². The number of aryl methyl sites for hydroxylation is 1. The van der Waals surface area contributed by atoms with Crippen molar-refractivity contribution in [3.8, 4) is 0 Å². The van der Waals surface area contributed by atoms with Crippen molar-refractivity contribution in [3.05, 3.63) is 28.8 Å². The average molecular weight is 302 g/mol. The minimum atomic E-state index is -3.39. The van der Waals surface area contributed by atoms with E-state index in [9.17, 15) is 8.42 Å². The van der Waals surface area contributed by atoms with Gasteiger partial charge in [0.05, 0.1) is 4.90 Å². The van der Waals surface area contributed by atoms with Crippen LogP contribution in [0.25, 0.3) is 0 Å². The zero-order chi connectivity index (χ0) is 14.0. The summed E-state index contributed by atoms with van der Waals surface area (Å²) in [5.41, 5.74) is 0.799. The highest BCUT2D eigenvalue weighted by molar-refractivity contribution is 7.89. The van der Waals surface area contributed by atoms with E-state index in [-0.39, 0.29) is 6.04 Å². The second kappa shape index (κ2) is 5.81. The lowest BCUT2D eigenvalue weighted by Crippen LogP contribution is -2.43. The van der Waals surface area contributed by atoms with Gasteiger partial charge in [-0.1, -0.05) is 24.9 Å². The van der Waals surface area contributed by atoms with E-state index in [1.807, 2.05) is 13.8 Å². The molecular weight excluding hydrogens is 282 g/mol. The predicted octanol–water partition coefficient (Wildman–Crippen LogP) is 3.60. The Bertz CT molecular complexity index is 557. The third kappa shape index (κ3) is 2.96. The lowest BCUT2D eigenvalue weighted by Gasteiger charge is -2.34. The molecule has 1 unspecified atom stereocenters. The molecule has 1 saturated heterocycles. The first-order valence-electron chi connectivity index (χ1n) is 6.75. The number of rotatable bonds is 3. The number of sulfonamides is 1. The van der Waals surface area contributed by atoms with Gasteiger partial charge in [-0.15, -0.1) is 0 Å². The van der Waals surface area contributed by atoms with Gasteiger partial charge in [0, 0.05) is 17.6 Å². The lowest BCUT2D eigenvalue weighted by atomic mass is 10.0. The quantitative estimate of drug-likeness (QED) is 0.855. The van der Waals surface area contributed by atoms with Crippen molar-refractivity contribution < 1.29 is 8.42 Å². The molecule has 0 radical (unpaired) electrons. The van der Waals surface area contributed by atoms with Crippen molar-refractivity contribution in [2.24, 2.45) is 0 Å². The molecule has 106 valence electrons. The maximum atomic E-state index is 12.7. The van der Waals surface area contributed by atoms with Crippen molar-refractivity contribution in [3.63, 3.8) is 0 Å². The van der Waals surface area contributed by atoms with Gasteiger partial charge in [-0.05, 0) is 49.9 Å². The second-order valence-corrected chi connectivity index (χ2v) is 7.38. The van der Waals surface area contributed by atoms with Crippen LogP contribution in [0.1, 0.15) is 38.2 Å². The van der Waals surface area contributed by atoms with E-state index in [2.05, 4.69) is 0 Å². The molecule has 1 heterocycles. The number of piperidine rings is 1. The van der Waals surface area contributed by atoms with Gasteiger partial charge in [0.25, 0.3) is 0 Å². The Balaban J connectivity index is 2.37. The van der Waals surface area contributed by atoms with Crippen molar-refractivity contribution >= 4 is 21.6 Å². The van der Waals surface area contributed by atoms with E-state index < -0.39 is 10.0 Å². The maximum absolute atomic E-state index is 12.7. The molecule has 1 atom stereocenters. The highest BCUT2D eigenvalue weighted by Crippen LogP contribution is 2.28. The zero-order valence-electron chi connectivity index (χ0n) is 11.4. The van der Waals surface area contributed by atoms with E-state index in [1.54, 1.807) is 22.5 Å². The summed E-state index contributed by atoms with van der Waals surface area (Å²) in [6, 6.07) is 5.06. The van der Waals surface area contributed by atoms with Crippen LogP contribution in [0.15, 0.2) is 23.1 Å². The Kier molecular flexibility index (Phi) is 4.54. The molecule has 1 aliphatic rings. The monoisotopic (exact) mass is 301 g/mol. The van der Waals surface area contributed by atoms with E-state index in [0.29, 0.717) is 16.5 Å². The van der Waals surface area contributed by atoms with Gasteiger partial charge in [0.15, 0.2) is 0 Å². The molecule has 0 amide bonds. The molecule has 1 aromatic carbocycles. The molecule has 0 spiro atoms. The molecule has 0 N–H and O–H groups in total. The van der Waals surface area contributed by atoms with Gasteiger partial charge >= 0.3 is 0 Å². The Morgan fingerprint density at radius 2 is 2.11 bits per heavy atom. The van der Waals surface area contributed by atoms with Crippen LogP contribution in [-0.4, -0.2) is 25.3 Å². The van der Waals surface area contributed by atoms with Crippen LogP contribution in [0.2, 0.25) is 5.02 Å². The van der Waals surface area contributed by atoms with E-state index >= 15 is 0 Å². The fraction of sp³-hybridized carbons (Fsp3) is 0.571. The third-order valence-electron chi connectivity index (χ3n) is 3.78. The third-order valence-corrected chi connectivity index (χ3v) is 6.15. The smallest absolute Gasteiger partial charge is 0.207 e. The molecule has 5 heteroatoms. The Hall–Kier alpha value is -0.580. The largest absolute Gasteiger partial charge is 0.243 e. The molecule has 19 heavy (non-hydrogen) atoms. The summed E-state index contributed by atoms with van der Waals surface area (Å²) < 4.78 is 27.1. The molecule has 0 bridgehead atoms. The first kappa shape index (κ1) is 14.8. The molecule has 0 saturated carbocycles. The highest BCUT2D eigenvalue weighted by Gasteiger charge is 2.32. The highest BCUT2D eigenvalue weighted by atomic mass is 35.5. The minimum absolute atomic E-state index is 0.134. The van der Waals surface area contributed by atoms with Gasteiger partial charge in [-0.3, -0.25) is 0 Å². The van der Waals surface area contributed by atoms with Crippen LogP contribution in [0, 0.1) is 6.92 Å². The number of hydrogen-bond donors (Lipinski definition) is 0. The normalized spacial score (nSPS) is 21.5. The van der Waals surface area contributed by atoms with Crippen molar-refractivity contribution in [2.75, 3.05) is 6.54 Å². The molecule has 0 aromatic heterocycles. The summed E-state index contributed by atoms with van der Waals surface area (Å²) in [7, 11) is -3.39. The Morgan fingerprint density at radius 3 is 2.74 bits per heavy atom. The van der Waals surface area contributed by atoms with Crippen LogP contribution < -0.4 is 0 Å². The summed E-state index contributed by atoms with van der Waals surface area (Å²) in [4.78, 5) is 0.356. The van der Waals surface area contributed by atoms with Gasteiger partial charge in [0.1, 0.15) is 0 Å². The van der Waals surface area contributed by atoms with Gasteiger partial charge in [0.2, 0.25) is 10.0 Å². The van der Waals surface area contributed by atoms with Crippen LogP contribution >= 0.6 is 11.6 Å². The van der Waals surface area contributed by atoms with E-state index in [0.717, 1.165) is 31.2 Å². The summed E-state index contributed by atoms with van der Waals surface area (Å²) in [5, 5.41) is 0.602. The zero-order valence-corrected chi connectivity index (χ0v) is 13.0. The molecule has 1 aromatic rings. The second-order valence-electron chi connectivity index (χ2n) is 5.08. The van der Waals surface area contributed by atoms with E-state index in [4.69, 9.17) is 11.6 Å². The van der Waals surface area contributed by atoms with Crippen molar-refractivity contribution in [1.82, 2.24) is 4.31 Å². The SMILES string of the molecule is CCC1CCCCN1S(=O)(=O)c1ccc(Cl)c(C)c1. The lowest BCUT2D eigenvalue weighted by molar-refractivity contribution is 0.246. The fourth-order valence-corrected chi connectivity index (χ4v) is 4.58. The summed E-state index contributed by atoms with van der Waals surface area (Å²) in [6.07, 6.45) is 3.89. The van der Waals surface area contributed by atoms with Crippen molar-refractivity contribution in [2.45, 2.75) is 50.5 Å². The predicted molar refractivity (Wildman–Crippen MR) is 78.0 cm³/mol. The van der Waals surface area contributed by atoms with Crippen LogP contribution in [-0.2, 0) is 10.0 Å². The fourth-order valence-electron chi connectivity index (χ4n) is 2.61. The number of hydrogen-bond acceptors (Lipinski definition) is 2. The summed E-state index contributed by atoms with van der Waals surface area (Å²) >= 11 is 5.96. The van der Waals surface area contributed by atoms with Crippen LogP contribution in [0.3, 0.4) is 0 Å². The number of benzene rings is 1. The standard InChI is InChI=1S/C14H20ClNO2S/c1-3-12-6-4-5-9-16(12)19(17,18)13-7-8-14(15)11(2)10-13/h7-8,10,12H,3-6,9H2,1-2H3. The molecule has 1 fully saturated rings.